The molecule has 3 aliphatic carbocycles. The molecule has 4 aliphatic rings. The molecule has 13 heteroatoms. The molecule has 0 radical (unpaired) electrons. The van der Waals surface area contributed by atoms with E-state index in [4.69, 9.17) is 28.3 Å². The summed E-state index contributed by atoms with van der Waals surface area (Å²) in [5.41, 5.74) is -1.19. The van der Waals surface area contributed by atoms with Crippen molar-refractivity contribution in [3.05, 3.63) is 29.3 Å². The molecule has 44 heavy (non-hydrogen) atoms. The number of nitrogens with one attached hydrogen (secondary N) is 1. The summed E-state index contributed by atoms with van der Waals surface area (Å²) in [5.74, 6) is -5.54. The normalized spacial score (nSPS) is 26.2. The number of methoxy groups -OCH3 is 1. The Hall–Kier alpha value is -2.77. The zero-order valence-corrected chi connectivity index (χ0v) is 26.8. The number of amides is 1. The minimum Gasteiger partial charge on any atom is -0.496 e. The maximum Gasteiger partial charge on any atom is 0.482 e. The number of benzene rings is 1. The van der Waals surface area contributed by atoms with Crippen LogP contribution in [-0.2, 0) is 39.5 Å². The molecule has 0 aromatic heterocycles. The molecule has 1 saturated heterocycles. The maximum absolute atomic E-state index is 13.8. The summed E-state index contributed by atoms with van der Waals surface area (Å²) in [5, 5.41) is 2.70. The highest BCUT2D eigenvalue weighted by atomic mass is 19.3. The average Bonchev–Trinajstić information content (AvgIpc) is 3.28. The Kier molecular flexibility index (Phi) is 9.73. The number of para-hydroxylation sites is 1. The van der Waals surface area contributed by atoms with Gasteiger partial charge in [0, 0.05) is 6.61 Å². The highest BCUT2D eigenvalue weighted by Gasteiger charge is 2.68. The third-order valence-electron chi connectivity index (χ3n) is 9.45. The molecular formula is C31H44BF2NO9. The van der Waals surface area contributed by atoms with Gasteiger partial charge in [0.25, 0.3) is 5.92 Å². The number of halogens is 2. The van der Waals surface area contributed by atoms with E-state index in [2.05, 4.69) is 19.2 Å². The van der Waals surface area contributed by atoms with Gasteiger partial charge < -0.3 is 33.6 Å². The molecule has 244 valence electrons. The van der Waals surface area contributed by atoms with Crippen molar-refractivity contribution >= 4 is 25.0 Å². The summed E-state index contributed by atoms with van der Waals surface area (Å²) >= 11 is 0. The number of carbonyl (C=O) groups excluding carboxylic acids is 3. The molecule has 2 bridgehead atoms. The number of alkyl halides is 2. The second kappa shape index (κ2) is 12.6. The van der Waals surface area contributed by atoms with Crippen LogP contribution < -0.4 is 10.1 Å². The van der Waals surface area contributed by atoms with Gasteiger partial charge in [0.15, 0.2) is 5.60 Å². The van der Waals surface area contributed by atoms with E-state index in [1.54, 1.807) is 32.9 Å². The monoisotopic (exact) mass is 623 g/mol. The van der Waals surface area contributed by atoms with E-state index in [0.29, 0.717) is 25.0 Å². The first kappa shape index (κ1) is 34.1. The first-order valence-corrected chi connectivity index (χ1v) is 15.1. The molecule has 5 atom stereocenters. The molecule has 1 N–H and O–H groups in total. The van der Waals surface area contributed by atoms with Crippen molar-refractivity contribution in [2.45, 2.75) is 103 Å². The van der Waals surface area contributed by atoms with E-state index in [-0.39, 0.29) is 35.2 Å². The fraction of sp³-hybridized carbons (Fsp3) is 0.710. The SMILES string of the molecule is CCOC(C)(C)C(=O)OCOC(=O)c1cccc(CC(NC(=O)CC(C)(F)F)B2OC3CC4CC(C4(C)C)C3(C)O2)c1OC. The zero-order valence-electron chi connectivity index (χ0n) is 26.8. The quantitative estimate of drug-likeness (QED) is 0.192. The van der Waals surface area contributed by atoms with Gasteiger partial charge in [0.1, 0.15) is 11.3 Å². The van der Waals surface area contributed by atoms with Gasteiger partial charge in [-0.2, -0.15) is 0 Å². The Balaban J connectivity index is 1.53. The van der Waals surface area contributed by atoms with E-state index < -0.39 is 61.2 Å². The van der Waals surface area contributed by atoms with Crippen LogP contribution in [-0.4, -0.2) is 74.6 Å². The van der Waals surface area contributed by atoms with Gasteiger partial charge in [-0.05, 0) is 82.8 Å². The number of hydrogen-bond acceptors (Lipinski definition) is 9. The lowest BCUT2D eigenvalue weighted by Gasteiger charge is -2.64. The Morgan fingerprint density at radius 2 is 1.84 bits per heavy atom. The topological polar surface area (TPSA) is 119 Å². The third kappa shape index (κ3) is 6.89. The maximum atomic E-state index is 13.8. The number of ether oxygens (including phenoxy) is 4. The molecule has 10 nitrogen and oxygen atoms in total. The molecule has 1 amide bonds. The van der Waals surface area contributed by atoms with E-state index >= 15 is 0 Å². The molecule has 3 saturated carbocycles. The van der Waals surface area contributed by atoms with Crippen molar-refractivity contribution in [1.82, 2.24) is 5.32 Å². The predicted octanol–water partition coefficient (Wildman–Crippen LogP) is 4.51. The molecule has 0 spiro atoms. The number of esters is 2. The number of rotatable bonds is 13. The minimum absolute atomic E-state index is 0.0479. The summed E-state index contributed by atoms with van der Waals surface area (Å²) in [6, 6.07) is 4.78. The average molecular weight is 623 g/mol. The van der Waals surface area contributed by atoms with Crippen LogP contribution in [0.5, 0.6) is 5.75 Å². The van der Waals surface area contributed by atoms with Crippen LogP contribution in [0.15, 0.2) is 18.2 Å². The molecule has 5 unspecified atom stereocenters. The largest absolute Gasteiger partial charge is 0.496 e. The van der Waals surface area contributed by atoms with Crippen LogP contribution in [0.25, 0.3) is 0 Å². The molecule has 1 heterocycles. The Morgan fingerprint density at radius 3 is 2.45 bits per heavy atom. The highest BCUT2D eigenvalue weighted by Crippen LogP contribution is 2.65. The Morgan fingerprint density at radius 1 is 1.14 bits per heavy atom. The van der Waals surface area contributed by atoms with Gasteiger partial charge in [-0.3, -0.25) is 4.79 Å². The second-order valence-corrected chi connectivity index (χ2v) is 13.4. The third-order valence-corrected chi connectivity index (χ3v) is 9.45. The van der Waals surface area contributed by atoms with Crippen molar-refractivity contribution in [2.75, 3.05) is 20.5 Å². The molecule has 1 aliphatic heterocycles. The smallest absolute Gasteiger partial charge is 0.482 e. The van der Waals surface area contributed by atoms with Crippen molar-refractivity contribution in [2.24, 2.45) is 17.3 Å². The van der Waals surface area contributed by atoms with Gasteiger partial charge in [-0.15, -0.1) is 0 Å². The van der Waals surface area contributed by atoms with Crippen LogP contribution in [0.3, 0.4) is 0 Å². The lowest BCUT2D eigenvalue weighted by molar-refractivity contribution is -0.199. The van der Waals surface area contributed by atoms with Crippen LogP contribution >= 0.6 is 0 Å². The summed E-state index contributed by atoms with van der Waals surface area (Å²) in [7, 11) is 0.460. The van der Waals surface area contributed by atoms with Gasteiger partial charge in [0.05, 0.1) is 31.2 Å². The summed E-state index contributed by atoms with van der Waals surface area (Å²) in [4.78, 5) is 38.0. The first-order chi connectivity index (χ1) is 20.4. The first-order valence-electron chi connectivity index (χ1n) is 15.1. The summed E-state index contributed by atoms with van der Waals surface area (Å²) in [6.07, 6.45) is 0.673. The molecule has 1 aromatic rings. The van der Waals surface area contributed by atoms with Crippen molar-refractivity contribution in [3.8, 4) is 5.75 Å². The van der Waals surface area contributed by atoms with Crippen molar-refractivity contribution < 1.29 is 51.4 Å². The molecular weight excluding hydrogens is 579 g/mol. The Labute approximate surface area is 257 Å². The van der Waals surface area contributed by atoms with Gasteiger partial charge in [-0.25, -0.2) is 18.4 Å². The van der Waals surface area contributed by atoms with Crippen molar-refractivity contribution in [3.63, 3.8) is 0 Å². The highest BCUT2D eigenvalue weighted by molar-refractivity contribution is 6.48. The fourth-order valence-electron chi connectivity index (χ4n) is 7.02. The lowest BCUT2D eigenvalue weighted by atomic mass is 9.43. The van der Waals surface area contributed by atoms with E-state index in [1.165, 1.54) is 13.2 Å². The van der Waals surface area contributed by atoms with Crippen LogP contribution in [0.1, 0.15) is 83.7 Å². The molecule has 4 fully saturated rings. The zero-order chi connectivity index (χ0) is 32.7. The van der Waals surface area contributed by atoms with E-state index in [1.807, 2.05) is 6.92 Å². The summed E-state index contributed by atoms with van der Waals surface area (Å²) in [6.45, 7) is 11.6. The molecule has 1 aromatic carbocycles. The van der Waals surface area contributed by atoms with Crippen LogP contribution in [0.2, 0.25) is 0 Å². The van der Waals surface area contributed by atoms with Gasteiger partial charge in [-0.1, -0.05) is 26.0 Å². The molecule has 5 rings (SSSR count). The van der Waals surface area contributed by atoms with Crippen LogP contribution in [0.4, 0.5) is 8.78 Å². The number of carbonyl (C=O) groups is 3. The van der Waals surface area contributed by atoms with Gasteiger partial charge >= 0.3 is 19.1 Å². The van der Waals surface area contributed by atoms with Crippen molar-refractivity contribution in [1.29, 1.82) is 0 Å². The number of hydrogen-bond donors (Lipinski definition) is 1. The standard InChI is InChI=1S/C31H44BF2NO9/c1-9-42-29(4,5)27(38)41-17-40-26(37)20-12-10-11-18(25(20)39-8)13-23(35-24(36)16-30(6,33)34)32-43-22-15-19-14-21(28(19,2)3)31(22,7)44-32/h10-12,19,21-23H,9,13-17H2,1-8H3,(H,35,36). The predicted molar refractivity (Wildman–Crippen MR) is 156 cm³/mol. The lowest BCUT2D eigenvalue weighted by Crippen LogP contribution is -2.65. The minimum atomic E-state index is -3.21. The fourth-order valence-corrected chi connectivity index (χ4v) is 7.02. The van der Waals surface area contributed by atoms with E-state index in [0.717, 1.165) is 12.8 Å². The Bertz CT molecular complexity index is 1250. The van der Waals surface area contributed by atoms with Crippen LogP contribution in [0, 0.1) is 17.3 Å². The van der Waals surface area contributed by atoms with Gasteiger partial charge in [0.2, 0.25) is 12.7 Å². The summed E-state index contributed by atoms with van der Waals surface area (Å²) < 4.78 is 61.6. The second-order valence-electron chi connectivity index (χ2n) is 13.4. The van der Waals surface area contributed by atoms with E-state index in [9.17, 15) is 23.2 Å².